The Hall–Kier alpha value is -1.35. The molecule has 2 nitrogen and oxygen atoms in total. The molecule has 0 radical (unpaired) electrons. The van der Waals surface area contributed by atoms with Crippen LogP contribution in [0, 0.1) is 5.82 Å². The van der Waals surface area contributed by atoms with Crippen molar-refractivity contribution in [3.63, 3.8) is 0 Å². The maximum atomic E-state index is 13.5. The topological polar surface area (TPSA) is 35.2 Å². The van der Waals surface area contributed by atoms with Crippen molar-refractivity contribution in [1.82, 2.24) is 0 Å². The van der Waals surface area contributed by atoms with Gasteiger partial charge in [-0.1, -0.05) is 11.6 Å². The molecule has 0 bridgehead atoms. The first-order chi connectivity index (χ1) is 7.04. The number of hydrogen-bond donors (Lipinski definition) is 1. The minimum atomic E-state index is -0.339. The number of hydrogen-bond acceptors (Lipinski definition) is 2. The van der Waals surface area contributed by atoms with Crippen LogP contribution in [0.2, 0.25) is 0 Å². The number of benzene rings is 1. The van der Waals surface area contributed by atoms with Gasteiger partial charge in [0, 0.05) is 17.7 Å². The molecule has 0 saturated heterocycles. The summed E-state index contributed by atoms with van der Waals surface area (Å²) < 4.78 is 18.5. The molecule has 0 aliphatic carbocycles. The molecule has 1 aromatic carbocycles. The summed E-state index contributed by atoms with van der Waals surface area (Å²) in [6, 6.07) is 4.36. The zero-order valence-electron chi connectivity index (χ0n) is 9.09. The van der Waals surface area contributed by atoms with E-state index in [4.69, 9.17) is 10.5 Å². The van der Waals surface area contributed by atoms with E-state index < -0.39 is 0 Å². The van der Waals surface area contributed by atoms with Gasteiger partial charge >= 0.3 is 0 Å². The van der Waals surface area contributed by atoms with E-state index in [1.807, 2.05) is 6.92 Å². The lowest BCUT2D eigenvalue weighted by Crippen LogP contribution is -2.12. The molecule has 1 unspecified atom stereocenters. The average molecular weight is 209 g/mol. The standard InChI is InChI=1S/C12H16FNO/c1-8(2)6-12(14)10-5-4-9(15-3)7-11(10)13/h4-5,7,12H,1,6,14H2,2-3H3. The quantitative estimate of drug-likeness (QED) is 0.774. The minimum absolute atomic E-state index is 0.330. The summed E-state index contributed by atoms with van der Waals surface area (Å²) in [5.74, 6) is 0.168. The SMILES string of the molecule is C=C(C)CC(N)c1ccc(OC)cc1F. The fraction of sp³-hybridized carbons (Fsp3) is 0.333. The second-order valence-electron chi connectivity index (χ2n) is 3.66. The molecule has 1 aromatic rings. The van der Waals surface area contributed by atoms with Crippen molar-refractivity contribution in [2.45, 2.75) is 19.4 Å². The van der Waals surface area contributed by atoms with E-state index in [1.165, 1.54) is 13.2 Å². The molecule has 0 saturated carbocycles. The van der Waals surface area contributed by atoms with E-state index in [1.54, 1.807) is 12.1 Å². The summed E-state index contributed by atoms with van der Waals surface area (Å²) in [6.45, 7) is 5.63. The predicted molar refractivity (Wildman–Crippen MR) is 59.3 cm³/mol. The zero-order chi connectivity index (χ0) is 11.4. The molecule has 2 N–H and O–H groups in total. The molecule has 0 fully saturated rings. The molecule has 0 aliphatic rings. The van der Waals surface area contributed by atoms with Gasteiger partial charge in [0.25, 0.3) is 0 Å². The van der Waals surface area contributed by atoms with E-state index in [9.17, 15) is 4.39 Å². The Morgan fingerprint density at radius 3 is 2.73 bits per heavy atom. The maximum Gasteiger partial charge on any atom is 0.131 e. The van der Waals surface area contributed by atoms with Crippen LogP contribution in [0.15, 0.2) is 30.4 Å². The van der Waals surface area contributed by atoms with Crippen LogP contribution in [0.1, 0.15) is 24.9 Å². The second kappa shape index (κ2) is 4.94. The molecule has 0 amide bonds. The molecule has 0 heterocycles. The van der Waals surface area contributed by atoms with Gasteiger partial charge in [0.15, 0.2) is 0 Å². The molecule has 3 heteroatoms. The van der Waals surface area contributed by atoms with Gasteiger partial charge in [-0.15, -0.1) is 6.58 Å². The lowest BCUT2D eigenvalue weighted by molar-refractivity contribution is 0.410. The highest BCUT2D eigenvalue weighted by atomic mass is 19.1. The van der Waals surface area contributed by atoms with E-state index in [0.29, 0.717) is 17.7 Å². The molecule has 0 aliphatic heterocycles. The molecule has 15 heavy (non-hydrogen) atoms. The predicted octanol–water partition coefficient (Wildman–Crippen LogP) is 2.80. The van der Waals surface area contributed by atoms with Crippen LogP contribution in [0.4, 0.5) is 4.39 Å². The third kappa shape index (κ3) is 3.06. The normalized spacial score (nSPS) is 12.3. The number of nitrogens with two attached hydrogens (primary N) is 1. The van der Waals surface area contributed by atoms with Crippen LogP contribution in [0.5, 0.6) is 5.75 Å². The summed E-state index contributed by atoms with van der Waals surface area (Å²) in [5.41, 5.74) is 7.29. The van der Waals surface area contributed by atoms with Crippen molar-refractivity contribution in [3.8, 4) is 5.75 Å². The Balaban J connectivity index is 2.90. The van der Waals surface area contributed by atoms with Gasteiger partial charge in [-0.25, -0.2) is 4.39 Å². The largest absolute Gasteiger partial charge is 0.497 e. The van der Waals surface area contributed by atoms with Crippen molar-refractivity contribution < 1.29 is 9.13 Å². The minimum Gasteiger partial charge on any atom is -0.497 e. The Labute approximate surface area is 89.6 Å². The zero-order valence-corrected chi connectivity index (χ0v) is 9.09. The van der Waals surface area contributed by atoms with Crippen molar-refractivity contribution >= 4 is 0 Å². The van der Waals surface area contributed by atoms with E-state index in [2.05, 4.69) is 6.58 Å². The summed E-state index contributed by atoms with van der Waals surface area (Å²) in [7, 11) is 1.50. The van der Waals surface area contributed by atoms with Gasteiger partial charge in [0.2, 0.25) is 0 Å². The Morgan fingerprint density at radius 2 is 2.27 bits per heavy atom. The fourth-order valence-corrected chi connectivity index (χ4v) is 1.42. The highest BCUT2D eigenvalue weighted by molar-refractivity contribution is 5.31. The number of methoxy groups -OCH3 is 1. The number of rotatable bonds is 4. The van der Waals surface area contributed by atoms with Crippen LogP contribution in [-0.4, -0.2) is 7.11 Å². The van der Waals surface area contributed by atoms with Crippen LogP contribution in [0.25, 0.3) is 0 Å². The number of ether oxygens (including phenoxy) is 1. The first-order valence-corrected chi connectivity index (χ1v) is 4.78. The summed E-state index contributed by atoms with van der Waals surface area (Å²) in [4.78, 5) is 0. The van der Waals surface area contributed by atoms with Crippen LogP contribution in [-0.2, 0) is 0 Å². The van der Waals surface area contributed by atoms with Crippen LogP contribution >= 0.6 is 0 Å². The monoisotopic (exact) mass is 209 g/mol. The van der Waals surface area contributed by atoms with Gasteiger partial charge < -0.3 is 10.5 Å². The molecule has 1 atom stereocenters. The van der Waals surface area contributed by atoms with Gasteiger partial charge in [0.05, 0.1) is 7.11 Å². The first-order valence-electron chi connectivity index (χ1n) is 4.78. The Morgan fingerprint density at radius 1 is 1.60 bits per heavy atom. The van der Waals surface area contributed by atoms with Crippen LogP contribution < -0.4 is 10.5 Å². The van der Waals surface area contributed by atoms with Crippen molar-refractivity contribution in [1.29, 1.82) is 0 Å². The fourth-order valence-electron chi connectivity index (χ4n) is 1.42. The molecule has 82 valence electrons. The Kier molecular flexibility index (Phi) is 3.86. The smallest absolute Gasteiger partial charge is 0.131 e. The van der Waals surface area contributed by atoms with Crippen molar-refractivity contribution in [2.24, 2.45) is 5.73 Å². The highest BCUT2D eigenvalue weighted by Crippen LogP contribution is 2.23. The van der Waals surface area contributed by atoms with Crippen molar-refractivity contribution in [3.05, 3.63) is 41.7 Å². The van der Waals surface area contributed by atoms with E-state index >= 15 is 0 Å². The summed E-state index contributed by atoms with van der Waals surface area (Å²) in [6.07, 6.45) is 0.587. The molecule has 0 spiro atoms. The van der Waals surface area contributed by atoms with E-state index in [-0.39, 0.29) is 11.9 Å². The average Bonchev–Trinajstić information content (AvgIpc) is 2.16. The lowest BCUT2D eigenvalue weighted by atomic mass is 10.0. The highest BCUT2D eigenvalue weighted by Gasteiger charge is 2.12. The molecule has 1 rings (SSSR count). The second-order valence-corrected chi connectivity index (χ2v) is 3.66. The molecular weight excluding hydrogens is 193 g/mol. The van der Waals surface area contributed by atoms with Gasteiger partial charge in [-0.05, 0) is 19.4 Å². The van der Waals surface area contributed by atoms with Gasteiger partial charge in [-0.2, -0.15) is 0 Å². The number of halogens is 1. The third-order valence-electron chi connectivity index (χ3n) is 2.18. The van der Waals surface area contributed by atoms with Gasteiger partial charge in [-0.3, -0.25) is 0 Å². The molecular formula is C12H16FNO. The van der Waals surface area contributed by atoms with Crippen LogP contribution in [0.3, 0.4) is 0 Å². The van der Waals surface area contributed by atoms with Crippen molar-refractivity contribution in [2.75, 3.05) is 7.11 Å². The summed E-state index contributed by atoms with van der Waals surface area (Å²) >= 11 is 0. The lowest BCUT2D eigenvalue weighted by Gasteiger charge is -2.13. The third-order valence-corrected chi connectivity index (χ3v) is 2.18. The maximum absolute atomic E-state index is 13.5. The molecule has 0 aromatic heterocycles. The summed E-state index contributed by atoms with van der Waals surface area (Å²) in [5, 5.41) is 0. The first kappa shape index (κ1) is 11.7. The van der Waals surface area contributed by atoms with Gasteiger partial charge in [0.1, 0.15) is 11.6 Å². The Bertz CT molecular complexity index is 363. The van der Waals surface area contributed by atoms with E-state index in [0.717, 1.165) is 5.57 Å².